The van der Waals surface area contributed by atoms with Crippen molar-refractivity contribution in [3.05, 3.63) is 23.8 Å². The van der Waals surface area contributed by atoms with E-state index in [4.69, 9.17) is 4.74 Å². The Hall–Kier alpha value is -1.60. The topological polar surface area (TPSA) is 66.9 Å². The third kappa shape index (κ3) is 3.54. The van der Waals surface area contributed by atoms with E-state index in [1.54, 1.807) is 27.9 Å². The molecule has 1 rings (SSSR count). The van der Waals surface area contributed by atoms with E-state index in [1.807, 2.05) is 0 Å². The van der Waals surface area contributed by atoms with E-state index >= 15 is 0 Å². The number of carbonyl (C=O) groups excluding carboxylic acids is 1. The Morgan fingerprint density at radius 1 is 1.19 bits per heavy atom. The van der Waals surface area contributed by atoms with Crippen LogP contribution in [0.4, 0.5) is 0 Å². The molecule has 0 aliphatic rings. The Labute approximate surface area is 126 Å². The summed E-state index contributed by atoms with van der Waals surface area (Å²) in [5.74, 6) is 0.0515. The molecule has 0 atom stereocenters. The third-order valence-corrected chi connectivity index (χ3v) is 5.20. The van der Waals surface area contributed by atoms with Crippen LogP contribution in [0.1, 0.15) is 24.2 Å². The number of sulfonamides is 1. The Bertz CT molecular complexity index is 607. The van der Waals surface area contributed by atoms with Crippen LogP contribution in [-0.2, 0) is 10.0 Å². The van der Waals surface area contributed by atoms with E-state index in [2.05, 4.69) is 0 Å². The molecule has 0 aliphatic heterocycles. The average Bonchev–Trinajstić information content (AvgIpc) is 2.46. The minimum atomic E-state index is -3.60. The summed E-state index contributed by atoms with van der Waals surface area (Å²) >= 11 is 0. The van der Waals surface area contributed by atoms with Crippen molar-refractivity contribution < 1.29 is 17.9 Å². The van der Waals surface area contributed by atoms with E-state index < -0.39 is 10.0 Å². The molecule has 1 amide bonds. The van der Waals surface area contributed by atoms with Gasteiger partial charge in [-0.15, -0.1) is 0 Å². The second kappa shape index (κ2) is 6.91. The normalized spacial score (nSPS) is 11.5. The molecule has 118 valence electrons. The first-order valence-electron chi connectivity index (χ1n) is 6.69. The second-order valence-corrected chi connectivity index (χ2v) is 6.59. The van der Waals surface area contributed by atoms with Crippen LogP contribution in [0.5, 0.6) is 5.75 Å². The Balaban J connectivity index is 3.41. The summed E-state index contributed by atoms with van der Waals surface area (Å²) in [6.07, 6.45) is 0. The van der Waals surface area contributed by atoms with Gasteiger partial charge in [0.1, 0.15) is 5.75 Å². The standard InChI is InChI=1S/C14H22N2O4S/c1-6-16(7-2)21(18,19)11-8-9-13(20-5)12(10-11)14(17)15(3)4/h8-10H,6-7H2,1-5H3. The van der Waals surface area contributed by atoms with E-state index in [-0.39, 0.29) is 16.4 Å². The maximum Gasteiger partial charge on any atom is 0.257 e. The molecule has 1 aromatic carbocycles. The van der Waals surface area contributed by atoms with Gasteiger partial charge >= 0.3 is 0 Å². The van der Waals surface area contributed by atoms with Crippen molar-refractivity contribution in [2.75, 3.05) is 34.3 Å². The Morgan fingerprint density at radius 3 is 2.19 bits per heavy atom. The summed E-state index contributed by atoms with van der Waals surface area (Å²) < 4.78 is 31.5. The molecule has 0 aliphatic carbocycles. The highest BCUT2D eigenvalue weighted by molar-refractivity contribution is 7.89. The first-order chi connectivity index (χ1) is 9.79. The predicted octanol–water partition coefficient (Wildman–Crippen LogP) is 1.43. The van der Waals surface area contributed by atoms with Gasteiger partial charge in [0.2, 0.25) is 10.0 Å². The molecule has 0 unspecified atom stereocenters. The molecular weight excluding hydrogens is 292 g/mol. The van der Waals surface area contributed by atoms with Gasteiger partial charge in [0, 0.05) is 27.2 Å². The van der Waals surface area contributed by atoms with Gasteiger partial charge in [-0.2, -0.15) is 4.31 Å². The SMILES string of the molecule is CCN(CC)S(=O)(=O)c1ccc(OC)c(C(=O)N(C)C)c1. The predicted molar refractivity (Wildman–Crippen MR) is 81.1 cm³/mol. The number of methoxy groups -OCH3 is 1. The van der Waals surface area contributed by atoms with Gasteiger partial charge in [-0.3, -0.25) is 4.79 Å². The smallest absolute Gasteiger partial charge is 0.257 e. The molecule has 21 heavy (non-hydrogen) atoms. The number of ether oxygens (including phenoxy) is 1. The van der Waals surface area contributed by atoms with Crippen LogP contribution in [0.2, 0.25) is 0 Å². The lowest BCUT2D eigenvalue weighted by Crippen LogP contribution is -2.31. The van der Waals surface area contributed by atoms with E-state index in [1.165, 1.54) is 34.5 Å². The minimum Gasteiger partial charge on any atom is -0.496 e. The highest BCUT2D eigenvalue weighted by Gasteiger charge is 2.24. The fourth-order valence-electron chi connectivity index (χ4n) is 1.97. The van der Waals surface area contributed by atoms with Gasteiger partial charge < -0.3 is 9.64 Å². The number of rotatable bonds is 6. The van der Waals surface area contributed by atoms with Crippen LogP contribution in [0.3, 0.4) is 0 Å². The zero-order valence-electron chi connectivity index (χ0n) is 13.1. The number of nitrogens with zero attached hydrogens (tertiary/aromatic N) is 2. The van der Waals surface area contributed by atoms with Crippen LogP contribution in [-0.4, -0.2) is 57.8 Å². The number of benzene rings is 1. The molecule has 6 nitrogen and oxygen atoms in total. The summed E-state index contributed by atoms with van der Waals surface area (Å²) in [6, 6.07) is 4.33. The van der Waals surface area contributed by atoms with Crippen LogP contribution < -0.4 is 4.74 Å². The first kappa shape index (κ1) is 17.5. The zero-order valence-corrected chi connectivity index (χ0v) is 13.9. The van der Waals surface area contributed by atoms with Crippen LogP contribution in [0, 0.1) is 0 Å². The summed E-state index contributed by atoms with van der Waals surface area (Å²) in [4.78, 5) is 13.6. The Kier molecular flexibility index (Phi) is 5.74. The van der Waals surface area contributed by atoms with E-state index in [9.17, 15) is 13.2 Å². The maximum absolute atomic E-state index is 12.5. The number of carbonyl (C=O) groups is 1. The molecule has 0 N–H and O–H groups in total. The zero-order chi connectivity index (χ0) is 16.2. The number of amides is 1. The van der Waals surface area contributed by atoms with Gasteiger partial charge in [-0.1, -0.05) is 13.8 Å². The van der Waals surface area contributed by atoms with Gasteiger partial charge in [0.15, 0.2) is 0 Å². The maximum atomic E-state index is 12.5. The van der Waals surface area contributed by atoms with E-state index in [0.717, 1.165) is 0 Å². The molecule has 0 fully saturated rings. The van der Waals surface area contributed by atoms with Crippen molar-refractivity contribution in [1.82, 2.24) is 9.21 Å². The molecule has 0 saturated carbocycles. The second-order valence-electron chi connectivity index (χ2n) is 4.65. The lowest BCUT2D eigenvalue weighted by molar-refractivity contribution is 0.0824. The van der Waals surface area contributed by atoms with Crippen LogP contribution in [0.15, 0.2) is 23.1 Å². The highest BCUT2D eigenvalue weighted by Crippen LogP contribution is 2.25. The van der Waals surface area contributed by atoms with Crippen molar-refractivity contribution >= 4 is 15.9 Å². The van der Waals surface area contributed by atoms with E-state index in [0.29, 0.717) is 18.8 Å². The molecule has 7 heteroatoms. The molecular formula is C14H22N2O4S. The number of hydrogen-bond donors (Lipinski definition) is 0. The molecule has 0 aromatic heterocycles. The number of hydrogen-bond acceptors (Lipinski definition) is 4. The largest absolute Gasteiger partial charge is 0.496 e. The van der Waals surface area contributed by atoms with Crippen molar-refractivity contribution in [2.24, 2.45) is 0 Å². The van der Waals surface area contributed by atoms with Crippen molar-refractivity contribution in [3.8, 4) is 5.75 Å². The molecule has 0 heterocycles. The third-order valence-electron chi connectivity index (χ3n) is 3.15. The summed E-state index contributed by atoms with van der Waals surface area (Å²) in [5.41, 5.74) is 0.232. The summed E-state index contributed by atoms with van der Waals surface area (Å²) in [5, 5.41) is 0. The Morgan fingerprint density at radius 2 is 1.76 bits per heavy atom. The fourth-order valence-corrected chi connectivity index (χ4v) is 3.45. The van der Waals surface area contributed by atoms with Gasteiger partial charge in [-0.05, 0) is 18.2 Å². The average molecular weight is 314 g/mol. The van der Waals surface area contributed by atoms with Crippen molar-refractivity contribution in [1.29, 1.82) is 0 Å². The quantitative estimate of drug-likeness (QED) is 0.796. The highest BCUT2D eigenvalue weighted by atomic mass is 32.2. The summed E-state index contributed by atoms with van der Waals surface area (Å²) in [6.45, 7) is 4.30. The molecule has 1 aromatic rings. The monoisotopic (exact) mass is 314 g/mol. The fraction of sp³-hybridized carbons (Fsp3) is 0.500. The summed E-state index contributed by atoms with van der Waals surface area (Å²) in [7, 11) is 1.05. The minimum absolute atomic E-state index is 0.0946. The first-order valence-corrected chi connectivity index (χ1v) is 8.13. The molecule has 0 radical (unpaired) electrons. The molecule has 0 spiro atoms. The lowest BCUT2D eigenvalue weighted by Gasteiger charge is -2.20. The van der Waals surface area contributed by atoms with Gasteiger partial charge in [0.05, 0.1) is 17.6 Å². The van der Waals surface area contributed by atoms with Crippen molar-refractivity contribution in [3.63, 3.8) is 0 Å². The van der Waals surface area contributed by atoms with Gasteiger partial charge in [-0.25, -0.2) is 8.42 Å². The van der Waals surface area contributed by atoms with Crippen LogP contribution in [0.25, 0.3) is 0 Å². The molecule has 0 saturated heterocycles. The van der Waals surface area contributed by atoms with Gasteiger partial charge in [0.25, 0.3) is 5.91 Å². The van der Waals surface area contributed by atoms with Crippen LogP contribution >= 0.6 is 0 Å². The van der Waals surface area contributed by atoms with Crippen molar-refractivity contribution in [2.45, 2.75) is 18.7 Å². The molecule has 0 bridgehead atoms. The lowest BCUT2D eigenvalue weighted by atomic mass is 10.2.